The molecule has 174 valence electrons. The number of rotatable bonds is 9. The lowest BCUT2D eigenvalue weighted by Gasteiger charge is -2.15. The number of fused-ring (bicyclic) bond motifs is 1. The summed E-state index contributed by atoms with van der Waals surface area (Å²) in [5.74, 6) is 0.532. The van der Waals surface area contributed by atoms with Crippen LogP contribution in [0, 0.1) is 0 Å². The Balaban J connectivity index is 2.07. The average molecular weight is 490 g/mol. The van der Waals surface area contributed by atoms with E-state index in [0.29, 0.717) is 25.5 Å². The first kappa shape index (κ1) is 24.3. The Morgan fingerprint density at radius 3 is 2.59 bits per heavy atom. The number of aliphatic hydroxyl groups is 1. The molecule has 3 rings (SSSR count). The largest absolute Gasteiger partial charge is 0.417 e. The van der Waals surface area contributed by atoms with E-state index in [4.69, 9.17) is 15.6 Å². The number of thiophene rings is 1. The van der Waals surface area contributed by atoms with Crippen LogP contribution in [0.3, 0.4) is 0 Å². The number of pyridine rings is 1. The van der Waals surface area contributed by atoms with Crippen molar-refractivity contribution in [1.82, 2.24) is 15.0 Å². The van der Waals surface area contributed by atoms with Gasteiger partial charge in [-0.1, -0.05) is 0 Å². The van der Waals surface area contributed by atoms with E-state index in [2.05, 4.69) is 15.0 Å². The predicted octanol–water partition coefficient (Wildman–Crippen LogP) is 2.93. The van der Waals surface area contributed by atoms with E-state index >= 15 is 0 Å². The fourth-order valence-electron chi connectivity index (χ4n) is 2.97. The number of hydrogen-bond donors (Lipinski definition) is 2. The molecule has 13 heteroatoms. The van der Waals surface area contributed by atoms with Crippen LogP contribution >= 0.6 is 11.3 Å². The highest BCUT2D eigenvalue weighted by Crippen LogP contribution is 2.44. The third kappa shape index (κ3) is 5.17. The van der Waals surface area contributed by atoms with Crippen LogP contribution in [-0.2, 0) is 21.7 Å². The molecular weight excluding hydrogens is 467 g/mol. The zero-order valence-electron chi connectivity index (χ0n) is 17.3. The third-order valence-corrected chi connectivity index (χ3v) is 7.56. The van der Waals surface area contributed by atoms with Crippen molar-refractivity contribution in [2.24, 2.45) is 0 Å². The molecule has 0 aliphatic heterocycles. The molecule has 1 atom stereocenters. The molecule has 0 saturated heterocycles. The third-order valence-electron chi connectivity index (χ3n) is 4.57. The minimum atomic E-state index is -4.69. The van der Waals surface area contributed by atoms with Gasteiger partial charge in [-0.3, -0.25) is 4.21 Å². The molecule has 3 aromatic heterocycles. The van der Waals surface area contributed by atoms with E-state index in [1.807, 2.05) is 0 Å². The number of nitrogen functional groups attached to an aromatic ring is 1. The van der Waals surface area contributed by atoms with Gasteiger partial charge in [0.25, 0.3) is 0 Å². The quantitative estimate of drug-likeness (QED) is 0.441. The SMILES string of the molecule is COCCCS(=O)c1sc2nc(-c3cnc(N(C)CCO)nc3)cc(C(F)(F)F)c2c1N. The maximum Gasteiger partial charge on any atom is 0.417 e. The number of nitrogens with zero attached hydrogens (tertiary/aromatic N) is 4. The molecule has 0 fully saturated rings. The number of aliphatic hydroxyl groups excluding tert-OH is 1. The number of ether oxygens (including phenoxy) is 1. The summed E-state index contributed by atoms with van der Waals surface area (Å²) >= 11 is 0.890. The average Bonchev–Trinajstić information content (AvgIpc) is 3.09. The van der Waals surface area contributed by atoms with E-state index in [1.165, 1.54) is 19.5 Å². The van der Waals surface area contributed by atoms with Gasteiger partial charge >= 0.3 is 6.18 Å². The van der Waals surface area contributed by atoms with Crippen LogP contribution in [0.4, 0.5) is 24.8 Å². The molecule has 0 amide bonds. The number of likely N-dealkylation sites (N-methyl/N-ethyl adjacent to an activating group) is 1. The Morgan fingerprint density at radius 2 is 2.00 bits per heavy atom. The molecular formula is C19H22F3N5O3S2. The molecule has 0 radical (unpaired) electrons. The van der Waals surface area contributed by atoms with Gasteiger partial charge in [0.2, 0.25) is 5.95 Å². The van der Waals surface area contributed by atoms with Crippen molar-refractivity contribution in [2.45, 2.75) is 16.8 Å². The number of methoxy groups -OCH3 is 1. The number of alkyl halides is 3. The van der Waals surface area contributed by atoms with E-state index in [0.717, 1.165) is 17.4 Å². The maximum absolute atomic E-state index is 13.9. The molecule has 1 unspecified atom stereocenters. The van der Waals surface area contributed by atoms with Crippen LogP contribution < -0.4 is 10.6 Å². The molecule has 8 nitrogen and oxygen atoms in total. The minimum Gasteiger partial charge on any atom is -0.396 e. The first-order valence-corrected chi connectivity index (χ1v) is 11.6. The zero-order valence-corrected chi connectivity index (χ0v) is 19.0. The smallest absolute Gasteiger partial charge is 0.396 e. The van der Waals surface area contributed by atoms with E-state index < -0.39 is 22.5 Å². The summed E-state index contributed by atoms with van der Waals surface area (Å²) in [5, 5.41) is 8.76. The molecule has 32 heavy (non-hydrogen) atoms. The van der Waals surface area contributed by atoms with Crippen molar-refractivity contribution in [3.8, 4) is 11.3 Å². The van der Waals surface area contributed by atoms with Gasteiger partial charge in [0.1, 0.15) is 9.04 Å². The van der Waals surface area contributed by atoms with Crippen LogP contribution in [0.2, 0.25) is 0 Å². The summed E-state index contributed by atoms with van der Waals surface area (Å²) in [6, 6.07) is 0.902. The lowest BCUT2D eigenvalue weighted by atomic mass is 10.1. The van der Waals surface area contributed by atoms with Gasteiger partial charge in [0, 0.05) is 56.4 Å². The van der Waals surface area contributed by atoms with Crippen LogP contribution in [0.15, 0.2) is 22.7 Å². The van der Waals surface area contributed by atoms with Crippen molar-refractivity contribution < 1.29 is 27.2 Å². The summed E-state index contributed by atoms with van der Waals surface area (Å²) < 4.78 is 59.3. The van der Waals surface area contributed by atoms with Crippen molar-refractivity contribution in [2.75, 3.05) is 50.3 Å². The van der Waals surface area contributed by atoms with Gasteiger partial charge in [0.15, 0.2) is 0 Å². The molecule has 3 aromatic rings. The maximum atomic E-state index is 13.9. The second kappa shape index (κ2) is 10.1. The number of nitrogens with two attached hydrogens (primary N) is 1. The van der Waals surface area contributed by atoms with Crippen molar-refractivity contribution in [3.63, 3.8) is 0 Å². The number of anilines is 2. The lowest BCUT2D eigenvalue weighted by Crippen LogP contribution is -2.23. The molecule has 0 saturated carbocycles. The van der Waals surface area contributed by atoms with Crippen LogP contribution in [0.25, 0.3) is 21.5 Å². The van der Waals surface area contributed by atoms with Crippen LogP contribution in [0.5, 0.6) is 0 Å². The second-order valence-corrected chi connectivity index (χ2v) is 9.61. The molecule has 0 aliphatic carbocycles. The summed E-state index contributed by atoms with van der Waals surface area (Å²) in [6.45, 7) is 0.598. The van der Waals surface area contributed by atoms with Crippen LogP contribution in [-0.4, -0.2) is 63.9 Å². The Hall–Kier alpha value is -2.35. The van der Waals surface area contributed by atoms with Gasteiger partial charge in [-0.15, -0.1) is 11.3 Å². The van der Waals surface area contributed by atoms with Gasteiger partial charge in [0.05, 0.1) is 34.4 Å². The Kier molecular flexibility index (Phi) is 7.64. The van der Waals surface area contributed by atoms with Gasteiger partial charge in [-0.05, 0) is 12.5 Å². The fraction of sp³-hybridized carbons (Fsp3) is 0.421. The molecule has 3 heterocycles. The Labute approximate surface area is 188 Å². The molecule has 0 aliphatic rings. The highest BCUT2D eigenvalue weighted by atomic mass is 32.2. The summed E-state index contributed by atoms with van der Waals surface area (Å²) in [4.78, 5) is 14.3. The fourth-order valence-corrected chi connectivity index (χ4v) is 5.59. The van der Waals surface area contributed by atoms with Crippen LogP contribution in [0.1, 0.15) is 12.0 Å². The summed E-state index contributed by atoms with van der Waals surface area (Å²) in [7, 11) is 1.62. The topological polar surface area (TPSA) is 114 Å². The molecule has 3 N–H and O–H groups in total. The monoisotopic (exact) mass is 489 g/mol. The highest BCUT2D eigenvalue weighted by Gasteiger charge is 2.36. The van der Waals surface area contributed by atoms with E-state index in [1.54, 1.807) is 11.9 Å². The predicted molar refractivity (Wildman–Crippen MR) is 118 cm³/mol. The highest BCUT2D eigenvalue weighted by molar-refractivity contribution is 7.87. The van der Waals surface area contributed by atoms with E-state index in [9.17, 15) is 17.4 Å². The number of aromatic nitrogens is 3. The second-order valence-electron chi connectivity index (χ2n) is 6.85. The minimum absolute atomic E-state index is 0.0270. The lowest BCUT2D eigenvalue weighted by molar-refractivity contribution is -0.136. The van der Waals surface area contributed by atoms with Gasteiger partial charge < -0.3 is 20.5 Å². The van der Waals surface area contributed by atoms with Crippen molar-refractivity contribution in [1.29, 1.82) is 0 Å². The normalized spacial score (nSPS) is 12.9. The Bertz CT molecular complexity index is 1110. The van der Waals surface area contributed by atoms with Crippen molar-refractivity contribution in [3.05, 3.63) is 24.0 Å². The number of hydrogen-bond acceptors (Lipinski definition) is 9. The molecule has 0 aromatic carbocycles. The first-order chi connectivity index (χ1) is 15.2. The molecule has 0 bridgehead atoms. The van der Waals surface area contributed by atoms with Crippen molar-refractivity contribution >= 4 is 44.0 Å². The molecule has 0 spiro atoms. The first-order valence-electron chi connectivity index (χ1n) is 9.49. The standard InChI is InChI=1S/C19H22F3N5O3S2/c1-27(4-5-28)18-24-9-11(10-25-18)13-8-12(19(20,21)22)14-15(23)17(31-16(14)26-13)32(29)7-3-6-30-2/h8-10,28H,3-7,23H2,1-2H3. The van der Waals surface area contributed by atoms with Gasteiger partial charge in [-0.2, -0.15) is 13.2 Å². The number of halogens is 3. The Morgan fingerprint density at radius 1 is 1.31 bits per heavy atom. The summed E-state index contributed by atoms with van der Waals surface area (Å²) in [6.07, 6.45) is -1.48. The van der Waals surface area contributed by atoms with E-state index in [-0.39, 0.29) is 43.7 Å². The zero-order chi connectivity index (χ0) is 23.5. The summed E-state index contributed by atoms with van der Waals surface area (Å²) in [5.41, 5.74) is 5.21. The van der Waals surface area contributed by atoms with Gasteiger partial charge in [-0.25, -0.2) is 15.0 Å².